The van der Waals surface area contributed by atoms with E-state index >= 15 is 0 Å². The van der Waals surface area contributed by atoms with Crippen LogP contribution in [0.25, 0.3) is 0 Å². The van der Waals surface area contributed by atoms with E-state index in [2.05, 4.69) is 10.2 Å². The van der Waals surface area contributed by atoms with Crippen molar-refractivity contribution < 1.29 is 9.18 Å². The predicted octanol–water partition coefficient (Wildman–Crippen LogP) is 2.64. The van der Waals surface area contributed by atoms with Crippen molar-refractivity contribution in [1.29, 1.82) is 0 Å². The van der Waals surface area contributed by atoms with Crippen LogP contribution < -0.4 is 0 Å². The third kappa shape index (κ3) is 2.60. The average molecular weight is 240 g/mol. The second-order valence-electron chi connectivity index (χ2n) is 2.64. The van der Waals surface area contributed by atoms with Crippen molar-refractivity contribution in [2.45, 2.75) is 9.24 Å². The van der Waals surface area contributed by atoms with Crippen LogP contribution in [0.5, 0.6) is 0 Å². The second kappa shape index (κ2) is 4.50. The maximum atomic E-state index is 13.0. The van der Waals surface area contributed by atoms with Crippen LogP contribution in [0.15, 0.2) is 32.9 Å². The Balaban J connectivity index is 2.28. The molecule has 0 saturated carbocycles. The molecule has 0 saturated heterocycles. The van der Waals surface area contributed by atoms with Crippen LogP contribution >= 0.6 is 23.1 Å². The van der Waals surface area contributed by atoms with Crippen LogP contribution in [-0.2, 0) is 0 Å². The lowest BCUT2D eigenvalue weighted by Crippen LogP contribution is -1.84. The summed E-state index contributed by atoms with van der Waals surface area (Å²) in [4.78, 5) is 11.2. The molecule has 0 aliphatic rings. The fourth-order valence-electron chi connectivity index (χ4n) is 1.02. The average Bonchev–Trinajstić information content (AvgIpc) is 2.69. The smallest absolute Gasteiger partial charge is 0.178 e. The summed E-state index contributed by atoms with van der Waals surface area (Å²) in [5.41, 5.74) is 1.92. The van der Waals surface area contributed by atoms with Crippen molar-refractivity contribution in [3.05, 3.63) is 35.1 Å². The number of aldehydes is 1. The molecular formula is C9H5FN2OS2. The van der Waals surface area contributed by atoms with Gasteiger partial charge in [0.25, 0.3) is 0 Å². The minimum atomic E-state index is -0.424. The number of hydrogen-bond acceptors (Lipinski definition) is 5. The first kappa shape index (κ1) is 10.3. The fraction of sp³-hybridized carbons (Fsp3) is 0. The molecule has 3 nitrogen and oxygen atoms in total. The maximum Gasteiger partial charge on any atom is 0.178 e. The SMILES string of the molecule is O=Cc1cc(F)cc(Sc2nncs2)c1. The van der Waals surface area contributed by atoms with Gasteiger partial charge >= 0.3 is 0 Å². The van der Waals surface area contributed by atoms with Crippen molar-refractivity contribution in [3.63, 3.8) is 0 Å². The zero-order chi connectivity index (χ0) is 10.7. The van der Waals surface area contributed by atoms with Gasteiger partial charge in [0.15, 0.2) is 4.34 Å². The highest BCUT2D eigenvalue weighted by molar-refractivity contribution is 8.01. The van der Waals surface area contributed by atoms with E-state index in [0.29, 0.717) is 16.7 Å². The van der Waals surface area contributed by atoms with Crippen molar-refractivity contribution in [1.82, 2.24) is 10.2 Å². The maximum absolute atomic E-state index is 13.0. The van der Waals surface area contributed by atoms with Crippen molar-refractivity contribution in [3.8, 4) is 0 Å². The van der Waals surface area contributed by atoms with Gasteiger partial charge in [0.2, 0.25) is 0 Å². The topological polar surface area (TPSA) is 42.9 Å². The lowest BCUT2D eigenvalue weighted by atomic mass is 10.2. The summed E-state index contributed by atoms with van der Waals surface area (Å²) in [5, 5.41) is 7.49. The summed E-state index contributed by atoms with van der Waals surface area (Å²) in [6.45, 7) is 0. The summed E-state index contributed by atoms with van der Waals surface area (Å²) in [6.07, 6.45) is 0.618. The molecule has 1 aromatic heterocycles. The van der Waals surface area contributed by atoms with Crippen LogP contribution in [0, 0.1) is 5.82 Å². The molecule has 0 radical (unpaired) electrons. The summed E-state index contributed by atoms with van der Waals surface area (Å²) in [5.74, 6) is -0.424. The van der Waals surface area contributed by atoms with Crippen molar-refractivity contribution in [2.24, 2.45) is 0 Å². The van der Waals surface area contributed by atoms with Gasteiger partial charge in [-0.3, -0.25) is 4.79 Å². The highest BCUT2D eigenvalue weighted by atomic mass is 32.2. The number of aromatic nitrogens is 2. The number of hydrogen-bond donors (Lipinski definition) is 0. The Hall–Kier alpha value is -1.27. The number of nitrogens with zero attached hydrogens (tertiary/aromatic N) is 2. The Labute approximate surface area is 93.4 Å². The van der Waals surface area contributed by atoms with E-state index in [4.69, 9.17) is 0 Å². The monoisotopic (exact) mass is 240 g/mol. The third-order valence-electron chi connectivity index (χ3n) is 1.57. The zero-order valence-corrected chi connectivity index (χ0v) is 9.02. The Morgan fingerprint density at radius 3 is 2.93 bits per heavy atom. The Kier molecular flexibility index (Phi) is 3.08. The molecule has 0 atom stereocenters. The molecule has 0 amide bonds. The van der Waals surface area contributed by atoms with Gasteiger partial charge in [-0.25, -0.2) is 4.39 Å². The van der Waals surface area contributed by atoms with Gasteiger partial charge in [-0.2, -0.15) is 0 Å². The standard InChI is InChI=1S/C9H5FN2OS2/c10-7-1-6(4-13)2-8(3-7)15-9-12-11-5-14-9/h1-5H. The molecule has 1 heterocycles. The first-order chi connectivity index (χ1) is 7.28. The summed E-state index contributed by atoms with van der Waals surface area (Å²) in [7, 11) is 0. The highest BCUT2D eigenvalue weighted by Crippen LogP contribution is 2.29. The van der Waals surface area contributed by atoms with Gasteiger partial charge in [-0.15, -0.1) is 10.2 Å². The molecular weight excluding hydrogens is 235 g/mol. The van der Waals surface area contributed by atoms with Crippen molar-refractivity contribution in [2.75, 3.05) is 0 Å². The molecule has 0 bridgehead atoms. The van der Waals surface area contributed by atoms with E-state index < -0.39 is 5.82 Å². The van der Waals surface area contributed by atoms with Crippen LogP contribution in [0.3, 0.4) is 0 Å². The highest BCUT2D eigenvalue weighted by Gasteiger charge is 2.04. The molecule has 15 heavy (non-hydrogen) atoms. The third-order valence-corrected chi connectivity index (χ3v) is 3.32. The number of benzene rings is 1. The van der Waals surface area contributed by atoms with Crippen LogP contribution in [-0.4, -0.2) is 16.5 Å². The molecule has 6 heteroatoms. The van der Waals surface area contributed by atoms with E-state index in [1.54, 1.807) is 11.6 Å². The second-order valence-corrected chi connectivity index (χ2v) is 4.80. The van der Waals surface area contributed by atoms with Gasteiger partial charge in [-0.05, 0) is 18.2 Å². The van der Waals surface area contributed by atoms with Crippen LogP contribution in [0.1, 0.15) is 10.4 Å². The van der Waals surface area contributed by atoms with Crippen molar-refractivity contribution >= 4 is 29.4 Å². The number of carbonyl (C=O) groups excluding carboxylic acids is 1. The molecule has 2 rings (SSSR count). The van der Waals surface area contributed by atoms with Gasteiger partial charge < -0.3 is 0 Å². The van der Waals surface area contributed by atoms with Gasteiger partial charge in [0.05, 0.1) is 0 Å². The minimum absolute atomic E-state index is 0.321. The van der Waals surface area contributed by atoms with Gasteiger partial charge in [0, 0.05) is 10.5 Å². The van der Waals surface area contributed by atoms with E-state index in [1.807, 2.05) is 0 Å². The molecule has 0 N–H and O–H groups in total. The number of rotatable bonds is 3. The normalized spacial score (nSPS) is 10.2. The molecule has 1 aromatic carbocycles. The van der Waals surface area contributed by atoms with Gasteiger partial charge in [-0.1, -0.05) is 23.1 Å². The molecule has 0 spiro atoms. The Morgan fingerprint density at radius 2 is 2.27 bits per heavy atom. The summed E-state index contributed by atoms with van der Waals surface area (Å²) < 4.78 is 13.8. The summed E-state index contributed by atoms with van der Waals surface area (Å²) >= 11 is 2.65. The molecule has 76 valence electrons. The molecule has 0 fully saturated rings. The quantitative estimate of drug-likeness (QED) is 0.773. The molecule has 0 aliphatic heterocycles. The Morgan fingerprint density at radius 1 is 1.40 bits per heavy atom. The number of carbonyl (C=O) groups is 1. The minimum Gasteiger partial charge on any atom is -0.298 e. The summed E-state index contributed by atoms with van der Waals surface area (Å²) in [6, 6.07) is 4.17. The van der Waals surface area contributed by atoms with E-state index in [9.17, 15) is 9.18 Å². The van der Waals surface area contributed by atoms with E-state index in [-0.39, 0.29) is 0 Å². The first-order valence-corrected chi connectivity index (χ1v) is 5.67. The number of halogens is 1. The molecule has 0 aliphatic carbocycles. The van der Waals surface area contributed by atoms with E-state index in [0.717, 1.165) is 4.34 Å². The lowest BCUT2D eigenvalue weighted by Gasteiger charge is -1.98. The largest absolute Gasteiger partial charge is 0.298 e. The molecule has 2 aromatic rings. The lowest BCUT2D eigenvalue weighted by molar-refractivity contribution is 0.112. The Bertz CT molecular complexity index is 473. The van der Waals surface area contributed by atoms with Crippen LogP contribution in [0.4, 0.5) is 4.39 Å². The molecule has 0 unspecified atom stereocenters. The predicted molar refractivity (Wildman–Crippen MR) is 55.8 cm³/mol. The van der Waals surface area contributed by atoms with E-state index in [1.165, 1.54) is 35.2 Å². The first-order valence-electron chi connectivity index (χ1n) is 3.98. The van der Waals surface area contributed by atoms with Crippen LogP contribution in [0.2, 0.25) is 0 Å². The van der Waals surface area contributed by atoms with Gasteiger partial charge in [0.1, 0.15) is 17.6 Å². The fourth-order valence-corrected chi connectivity index (χ4v) is 2.56. The zero-order valence-electron chi connectivity index (χ0n) is 7.38.